The van der Waals surface area contributed by atoms with Crippen molar-refractivity contribution < 1.29 is 9.90 Å². The first-order valence-corrected chi connectivity index (χ1v) is 7.98. The van der Waals surface area contributed by atoms with Crippen molar-refractivity contribution in [3.05, 3.63) is 11.6 Å². The number of anilines is 1. The third-order valence-electron chi connectivity index (χ3n) is 3.90. The molecule has 112 valence electrons. The Balaban J connectivity index is 1.81. The molecule has 0 aromatic carbocycles. The van der Waals surface area contributed by atoms with Crippen LogP contribution in [0.2, 0.25) is 0 Å². The molecule has 2 unspecified atom stereocenters. The summed E-state index contributed by atoms with van der Waals surface area (Å²) >= 11 is 1.46. The van der Waals surface area contributed by atoms with Crippen molar-refractivity contribution in [2.45, 2.75) is 31.8 Å². The van der Waals surface area contributed by atoms with Crippen LogP contribution in [0.4, 0.5) is 5.13 Å². The molecule has 0 radical (unpaired) electrons. The average molecular weight is 297 g/mol. The van der Waals surface area contributed by atoms with Crippen molar-refractivity contribution in [2.24, 2.45) is 5.92 Å². The Hall–Kier alpha value is -0.980. The second kappa shape index (κ2) is 7.15. The number of hydrogen-bond acceptors (Lipinski definition) is 5. The molecule has 1 saturated carbocycles. The van der Waals surface area contributed by atoms with Crippen molar-refractivity contribution in [3.63, 3.8) is 0 Å². The highest BCUT2D eigenvalue weighted by atomic mass is 32.1. The summed E-state index contributed by atoms with van der Waals surface area (Å²) in [6.45, 7) is 1.14. The highest BCUT2D eigenvalue weighted by molar-refractivity contribution is 7.13. The van der Waals surface area contributed by atoms with Gasteiger partial charge in [0.2, 0.25) is 5.91 Å². The molecule has 0 spiro atoms. The van der Waals surface area contributed by atoms with Gasteiger partial charge in [0.25, 0.3) is 0 Å². The largest absolute Gasteiger partial charge is 0.393 e. The topological polar surface area (TPSA) is 56.7 Å². The van der Waals surface area contributed by atoms with Crippen molar-refractivity contribution in [2.75, 3.05) is 32.1 Å². The Kier molecular flexibility index (Phi) is 5.51. The number of aromatic nitrogens is 1. The lowest BCUT2D eigenvalue weighted by Crippen LogP contribution is -2.41. The lowest BCUT2D eigenvalue weighted by molar-refractivity contribution is -0.119. The monoisotopic (exact) mass is 297 g/mol. The van der Waals surface area contributed by atoms with Gasteiger partial charge in [-0.3, -0.25) is 14.6 Å². The third-order valence-corrected chi connectivity index (χ3v) is 4.75. The molecular formula is C14H23N3O2S. The van der Waals surface area contributed by atoms with Gasteiger partial charge < -0.3 is 5.11 Å². The van der Waals surface area contributed by atoms with Crippen LogP contribution in [0.1, 0.15) is 25.7 Å². The molecule has 1 N–H and O–H groups in total. The molecule has 1 aromatic rings. The van der Waals surface area contributed by atoms with Crippen molar-refractivity contribution >= 4 is 22.4 Å². The third kappa shape index (κ3) is 4.01. The number of nitrogens with zero attached hydrogens (tertiary/aromatic N) is 3. The Bertz CT molecular complexity index is 424. The van der Waals surface area contributed by atoms with E-state index in [0.29, 0.717) is 12.5 Å². The average Bonchev–Trinajstić information content (AvgIpc) is 2.94. The number of rotatable bonds is 5. The molecule has 1 aliphatic rings. The summed E-state index contributed by atoms with van der Waals surface area (Å²) in [5, 5.41) is 12.6. The standard InChI is InChI=1S/C14H23N3O2S/c1-16(9-11-5-3-4-6-12(11)18)10-13(19)17(2)14-15-7-8-20-14/h7-8,11-12,18H,3-6,9-10H2,1-2H3. The van der Waals surface area contributed by atoms with E-state index in [1.165, 1.54) is 17.8 Å². The van der Waals surface area contributed by atoms with E-state index in [4.69, 9.17) is 0 Å². The number of carbonyl (C=O) groups excluding carboxylic acids is 1. The van der Waals surface area contributed by atoms with Crippen LogP contribution in [0.3, 0.4) is 0 Å². The van der Waals surface area contributed by atoms with E-state index in [2.05, 4.69) is 4.98 Å². The SMILES string of the molecule is CN(CC(=O)N(C)c1nccs1)CC1CCCCC1O. The van der Waals surface area contributed by atoms with E-state index in [-0.39, 0.29) is 12.0 Å². The lowest BCUT2D eigenvalue weighted by atomic mass is 9.86. The van der Waals surface area contributed by atoms with Crippen LogP contribution in [-0.2, 0) is 4.79 Å². The van der Waals surface area contributed by atoms with Crippen LogP contribution in [-0.4, -0.2) is 54.2 Å². The molecule has 5 nitrogen and oxygen atoms in total. The first-order chi connectivity index (χ1) is 9.58. The molecule has 0 saturated heterocycles. The Morgan fingerprint density at radius 2 is 2.20 bits per heavy atom. The maximum atomic E-state index is 12.2. The quantitative estimate of drug-likeness (QED) is 0.896. The fourth-order valence-electron chi connectivity index (χ4n) is 2.69. The van der Waals surface area contributed by atoms with Crippen LogP contribution >= 0.6 is 11.3 Å². The van der Waals surface area contributed by atoms with Gasteiger partial charge in [-0.2, -0.15) is 0 Å². The number of aliphatic hydroxyl groups excluding tert-OH is 1. The summed E-state index contributed by atoms with van der Waals surface area (Å²) in [4.78, 5) is 19.9. The van der Waals surface area contributed by atoms with Gasteiger partial charge in [0.1, 0.15) is 0 Å². The summed E-state index contributed by atoms with van der Waals surface area (Å²) in [6.07, 6.45) is 5.74. The van der Waals surface area contributed by atoms with Gasteiger partial charge in [-0.15, -0.1) is 11.3 Å². The molecule has 2 atom stereocenters. The molecule has 1 aromatic heterocycles. The zero-order chi connectivity index (χ0) is 14.5. The van der Waals surface area contributed by atoms with Gasteiger partial charge in [-0.1, -0.05) is 12.8 Å². The molecule has 1 amide bonds. The zero-order valence-corrected chi connectivity index (χ0v) is 13.0. The van der Waals surface area contributed by atoms with Crippen LogP contribution in [0.15, 0.2) is 11.6 Å². The minimum absolute atomic E-state index is 0.0350. The highest BCUT2D eigenvalue weighted by Gasteiger charge is 2.25. The first-order valence-electron chi connectivity index (χ1n) is 7.10. The van der Waals surface area contributed by atoms with Crippen LogP contribution in [0.25, 0.3) is 0 Å². The Labute approximate surface area is 124 Å². The van der Waals surface area contributed by atoms with Crippen molar-refractivity contribution in [1.82, 2.24) is 9.88 Å². The number of hydrogen-bond donors (Lipinski definition) is 1. The van der Waals surface area contributed by atoms with E-state index < -0.39 is 0 Å². The van der Waals surface area contributed by atoms with E-state index in [0.717, 1.165) is 30.9 Å². The highest BCUT2D eigenvalue weighted by Crippen LogP contribution is 2.25. The van der Waals surface area contributed by atoms with E-state index in [1.807, 2.05) is 17.3 Å². The van der Waals surface area contributed by atoms with Gasteiger partial charge in [0.15, 0.2) is 5.13 Å². The van der Waals surface area contributed by atoms with E-state index in [1.54, 1.807) is 18.1 Å². The summed E-state index contributed by atoms with van der Waals surface area (Å²) in [6, 6.07) is 0. The molecule has 1 aliphatic carbocycles. The minimum atomic E-state index is -0.210. The summed E-state index contributed by atoms with van der Waals surface area (Å²) in [5.41, 5.74) is 0. The first kappa shape index (κ1) is 15.4. The van der Waals surface area contributed by atoms with Crippen LogP contribution in [0, 0.1) is 5.92 Å². The summed E-state index contributed by atoms with van der Waals surface area (Å²) < 4.78 is 0. The molecule has 1 fully saturated rings. The predicted molar refractivity (Wildman–Crippen MR) is 81.0 cm³/mol. The Morgan fingerprint density at radius 1 is 1.45 bits per heavy atom. The van der Waals surface area contributed by atoms with Gasteiger partial charge in [-0.05, 0) is 25.8 Å². The molecule has 0 aliphatic heterocycles. The van der Waals surface area contributed by atoms with Gasteiger partial charge in [0, 0.05) is 25.2 Å². The predicted octanol–water partition coefficient (Wildman–Crippen LogP) is 1.59. The fourth-order valence-corrected chi connectivity index (χ4v) is 3.32. The van der Waals surface area contributed by atoms with Gasteiger partial charge >= 0.3 is 0 Å². The van der Waals surface area contributed by atoms with Gasteiger partial charge in [-0.25, -0.2) is 4.98 Å². The molecule has 6 heteroatoms. The molecule has 20 heavy (non-hydrogen) atoms. The molecule has 2 rings (SSSR count). The Morgan fingerprint density at radius 3 is 2.85 bits per heavy atom. The number of amides is 1. The second-order valence-corrected chi connectivity index (χ2v) is 6.45. The zero-order valence-electron chi connectivity index (χ0n) is 12.2. The van der Waals surface area contributed by atoms with Gasteiger partial charge in [0.05, 0.1) is 12.6 Å². The minimum Gasteiger partial charge on any atom is -0.393 e. The van der Waals surface area contributed by atoms with Crippen LogP contribution < -0.4 is 4.90 Å². The fraction of sp³-hybridized carbons (Fsp3) is 0.714. The molecule has 0 bridgehead atoms. The van der Waals surface area contributed by atoms with Crippen molar-refractivity contribution in [1.29, 1.82) is 0 Å². The number of thiazole rings is 1. The maximum absolute atomic E-state index is 12.2. The lowest BCUT2D eigenvalue weighted by Gasteiger charge is -2.31. The maximum Gasteiger partial charge on any atom is 0.242 e. The second-order valence-electron chi connectivity index (χ2n) is 5.58. The normalized spacial score (nSPS) is 23.0. The van der Waals surface area contributed by atoms with Crippen molar-refractivity contribution in [3.8, 4) is 0 Å². The van der Waals surface area contributed by atoms with E-state index in [9.17, 15) is 9.90 Å². The summed E-state index contributed by atoms with van der Waals surface area (Å²) in [5.74, 6) is 0.333. The smallest absolute Gasteiger partial charge is 0.242 e. The van der Waals surface area contributed by atoms with Crippen LogP contribution in [0.5, 0.6) is 0 Å². The number of carbonyl (C=O) groups is 1. The number of likely N-dealkylation sites (N-methyl/N-ethyl adjacent to an activating group) is 2. The molecule has 1 heterocycles. The number of aliphatic hydroxyl groups is 1. The van der Waals surface area contributed by atoms with E-state index >= 15 is 0 Å². The summed E-state index contributed by atoms with van der Waals surface area (Å²) in [7, 11) is 3.69. The molecular weight excluding hydrogens is 274 g/mol.